The van der Waals surface area contributed by atoms with Crippen molar-refractivity contribution in [2.45, 2.75) is 4.90 Å². The van der Waals surface area contributed by atoms with Crippen molar-refractivity contribution in [1.82, 2.24) is 0 Å². The molecule has 6 nitrogen and oxygen atoms in total. The van der Waals surface area contributed by atoms with E-state index in [4.69, 9.17) is 4.74 Å². The van der Waals surface area contributed by atoms with Crippen LogP contribution >= 0.6 is 0 Å². The number of benzene rings is 2. The van der Waals surface area contributed by atoms with Crippen LogP contribution in [0, 0.1) is 0 Å². The molecule has 0 radical (unpaired) electrons. The van der Waals surface area contributed by atoms with Crippen molar-refractivity contribution in [3.05, 3.63) is 54.6 Å². The molecule has 0 bridgehead atoms. The minimum absolute atomic E-state index is 0.0718. The van der Waals surface area contributed by atoms with Crippen molar-refractivity contribution in [3.63, 3.8) is 0 Å². The van der Waals surface area contributed by atoms with Gasteiger partial charge in [0.25, 0.3) is 15.9 Å². The van der Waals surface area contributed by atoms with Crippen LogP contribution < -0.4 is 9.62 Å². The number of ether oxygens (including phenoxy) is 1. The lowest BCUT2D eigenvalue weighted by Gasteiger charge is -2.26. The Balaban J connectivity index is 1.76. The zero-order valence-electron chi connectivity index (χ0n) is 12.3. The van der Waals surface area contributed by atoms with Gasteiger partial charge in [-0.2, -0.15) is 0 Å². The largest absolute Gasteiger partial charge is 0.370 e. The van der Waals surface area contributed by atoms with Gasteiger partial charge in [-0.15, -0.1) is 0 Å². The summed E-state index contributed by atoms with van der Waals surface area (Å²) in [5.41, 5.74) is 1.17. The Bertz CT molecular complexity index is 789. The number of amides is 1. The maximum atomic E-state index is 12.2. The van der Waals surface area contributed by atoms with E-state index in [1.165, 1.54) is 12.1 Å². The summed E-state index contributed by atoms with van der Waals surface area (Å²) in [7, 11) is -3.61. The highest BCUT2D eigenvalue weighted by Gasteiger charge is 2.20. The predicted molar refractivity (Wildman–Crippen MR) is 86.9 cm³/mol. The Morgan fingerprint density at radius 1 is 1.00 bits per heavy atom. The molecule has 1 aliphatic rings. The fraction of sp³-hybridized carbons (Fsp3) is 0.188. The molecule has 2 aromatic rings. The average Bonchev–Trinajstić information content (AvgIpc) is 2.57. The van der Waals surface area contributed by atoms with Gasteiger partial charge in [0.1, 0.15) is 6.61 Å². The summed E-state index contributed by atoms with van der Waals surface area (Å²) in [5.74, 6) is -0.103. The predicted octanol–water partition coefficient (Wildman–Crippen LogP) is 1.85. The minimum Gasteiger partial charge on any atom is -0.370 e. The second-order valence-electron chi connectivity index (χ2n) is 5.06. The number of hydrogen-bond donors (Lipinski definition) is 1. The van der Waals surface area contributed by atoms with Crippen molar-refractivity contribution >= 4 is 27.3 Å². The van der Waals surface area contributed by atoms with Gasteiger partial charge in [0.15, 0.2) is 0 Å². The number of hydrogen-bond acceptors (Lipinski definition) is 4. The molecule has 2 aromatic carbocycles. The molecule has 0 spiro atoms. The molecule has 0 unspecified atom stereocenters. The van der Waals surface area contributed by atoms with Gasteiger partial charge in [0.05, 0.1) is 11.5 Å². The quantitative estimate of drug-likeness (QED) is 0.927. The van der Waals surface area contributed by atoms with Crippen LogP contribution in [0.25, 0.3) is 0 Å². The zero-order chi connectivity index (χ0) is 16.3. The van der Waals surface area contributed by atoms with Crippen molar-refractivity contribution in [3.8, 4) is 0 Å². The molecular weight excluding hydrogens is 316 g/mol. The zero-order valence-corrected chi connectivity index (χ0v) is 13.1. The first-order valence-corrected chi connectivity index (χ1v) is 8.61. The standard InChI is InChI=1S/C16H16N2O4S/c19-16-12-22-11-10-18(16)14-8-6-13(7-9-14)17-23(20,21)15-4-2-1-3-5-15/h1-9,17H,10-12H2. The number of sulfonamides is 1. The van der Waals surface area contributed by atoms with Gasteiger partial charge in [-0.05, 0) is 36.4 Å². The maximum absolute atomic E-state index is 12.2. The van der Waals surface area contributed by atoms with Gasteiger partial charge in [0, 0.05) is 17.9 Å². The number of nitrogens with zero attached hydrogens (tertiary/aromatic N) is 1. The molecule has 1 aliphatic heterocycles. The topological polar surface area (TPSA) is 75.7 Å². The molecule has 0 atom stereocenters. The molecule has 1 saturated heterocycles. The van der Waals surface area contributed by atoms with E-state index in [0.717, 1.165) is 5.69 Å². The fourth-order valence-electron chi connectivity index (χ4n) is 2.31. The molecule has 1 fully saturated rings. The first-order chi connectivity index (χ1) is 11.1. The van der Waals surface area contributed by atoms with E-state index in [2.05, 4.69) is 4.72 Å². The van der Waals surface area contributed by atoms with Crippen LogP contribution in [-0.2, 0) is 19.6 Å². The van der Waals surface area contributed by atoms with Crippen LogP contribution in [-0.4, -0.2) is 34.1 Å². The Hall–Kier alpha value is -2.38. The lowest BCUT2D eigenvalue weighted by atomic mass is 10.2. The highest BCUT2D eigenvalue weighted by atomic mass is 32.2. The van der Waals surface area contributed by atoms with E-state index in [0.29, 0.717) is 18.8 Å². The number of carbonyl (C=O) groups excluding carboxylic acids is 1. The van der Waals surface area contributed by atoms with Crippen LogP contribution in [0.1, 0.15) is 0 Å². The van der Waals surface area contributed by atoms with E-state index in [-0.39, 0.29) is 17.4 Å². The van der Waals surface area contributed by atoms with Crippen LogP contribution in [0.5, 0.6) is 0 Å². The Kier molecular flexibility index (Phi) is 4.31. The SMILES string of the molecule is O=C1COCCN1c1ccc(NS(=O)(=O)c2ccccc2)cc1. The summed E-state index contributed by atoms with van der Waals surface area (Å²) in [5, 5.41) is 0. The lowest BCUT2D eigenvalue weighted by molar-refractivity contribution is -0.125. The van der Waals surface area contributed by atoms with Crippen molar-refractivity contribution in [2.24, 2.45) is 0 Å². The van der Waals surface area contributed by atoms with Gasteiger partial charge < -0.3 is 9.64 Å². The molecule has 3 rings (SSSR count). The third kappa shape index (κ3) is 3.52. The van der Waals surface area contributed by atoms with Crippen LogP contribution in [0.2, 0.25) is 0 Å². The highest BCUT2D eigenvalue weighted by molar-refractivity contribution is 7.92. The molecule has 1 amide bonds. The first kappa shape index (κ1) is 15.5. The number of rotatable bonds is 4. The highest BCUT2D eigenvalue weighted by Crippen LogP contribution is 2.21. The molecule has 7 heteroatoms. The van der Waals surface area contributed by atoms with E-state index in [1.54, 1.807) is 47.4 Å². The number of morpholine rings is 1. The summed E-state index contributed by atoms with van der Waals surface area (Å²) in [4.78, 5) is 13.6. The number of anilines is 2. The minimum atomic E-state index is -3.61. The molecule has 1 N–H and O–H groups in total. The maximum Gasteiger partial charge on any atom is 0.261 e. The average molecular weight is 332 g/mol. The number of nitrogens with one attached hydrogen (secondary N) is 1. The van der Waals surface area contributed by atoms with Crippen LogP contribution in [0.3, 0.4) is 0 Å². The lowest BCUT2D eigenvalue weighted by Crippen LogP contribution is -2.41. The molecule has 1 heterocycles. The Morgan fingerprint density at radius 2 is 1.70 bits per heavy atom. The van der Waals surface area contributed by atoms with E-state index in [1.807, 2.05) is 0 Å². The van der Waals surface area contributed by atoms with Gasteiger partial charge in [0.2, 0.25) is 0 Å². The summed E-state index contributed by atoms with van der Waals surface area (Å²) in [6.07, 6.45) is 0. The van der Waals surface area contributed by atoms with Gasteiger partial charge >= 0.3 is 0 Å². The molecular formula is C16H16N2O4S. The van der Waals surface area contributed by atoms with Crippen molar-refractivity contribution in [1.29, 1.82) is 0 Å². The van der Waals surface area contributed by atoms with E-state index >= 15 is 0 Å². The second-order valence-corrected chi connectivity index (χ2v) is 6.75. The second kappa shape index (κ2) is 6.39. The van der Waals surface area contributed by atoms with Gasteiger partial charge in [-0.1, -0.05) is 18.2 Å². The van der Waals surface area contributed by atoms with Crippen LogP contribution in [0.4, 0.5) is 11.4 Å². The molecule has 0 aromatic heterocycles. The number of carbonyl (C=O) groups is 1. The normalized spacial score (nSPS) is 15.5. The smallest absolute Gasteiger partial charge is 0.261 e. The third-order valence-electron chi connectivity index (χ3n) is 3.47. The van der Waals surface area contributed by atoms with E-state index in [9.17, 15) is 13.2 Å². The molecule has 23 heavy (non-hydrogen) atoms. The first-order valence-electron chi connectivity index (χ1n) is 7.12. The summed E-state index contributed by atoms with van der Waals surface area (Å²) < 4.78 is 32.1. The summed E-state index contributed by atoms with van der Waals surface area (Å²) in [6.45, 7) is 1.06. The Labute approximate surface area is 134 Å². The van der Waals surface area contributed by atoms with Gasteiger partial charge in [-0.25, -0.2) is 8.42 Å². The third-order valence-corrected chi connectivity index (χ3v) is 4.87. The van der Waals surface area contributed by atoms with Crippen molar-refractivity contribution in [2.75, 3.05) is 29.4 Å². The Morgan fingerprint density at radius 3 is 2.35 bits per heavy atom. The van der Waals surface area contributed by atoms with E-state index < -0.39 is 10.0 Å². The summed E-state index contributed by atoms with van der Waals surface area (Å²) >= 11 is 0. The van der Waals surface area contributed by atoms with Crippen LogP contribution in [0.15, 0.2) is 59.5 Å². The molecule has 0 aliphatic carbocycles. The molecule has 120 valence electrons. The molecule has 0 saturated carbocycles. The monoisotopic (exact) mass is 332 g/mol. The fourth-order valence-corrected chi connectivity index (χ4v) is 3.39. The summed E-state index contributed by atoms with van der Waals surface area (Å²) in [6, 6.07) is 14.9. The van der Waals surface area contributed by atoms with Crippen molar-refractivity contribution < 1.29 is 17.9 Å². The van der Waals surface area contributed by atoms with Gasteiger partial charge in [-0.3, -0.25) is 9.52 Å².